The van der Waals surface area contributed by atoms with E-state index in [-0.39, 0.29) is 23.3 Å². The van der Waals surface area contributed by atoms with E-state index in [1.807, 2.05) is 47.5 Å². The highest BCUT2D eigenvalue weighted by atomic mass is 32.1. The molecule has 0 bridgehead atoms. The zero-order valence-corrected chi connectivity index (χ0v) is 21.9. The lowest BCUT2D eigenvalue weighted by Gasteiger charge is -2.22. The Morgan fingerprint density at radius 3 is 2.79 bits per heavy atom. The van der Waals surface area contributed by atoms with Gasteiger partial charge in [0.15, 0.2) is 17.3 Å². The number of para-hydroxylation sites is 1. The van der Waals surface area contributed by atoms with E-state index in [4.69, 9.17) is 4.98 Å². The molecule has 0 unspecified atom stereocenters. The van der Waals surface area contributed by atoms with Crippen molar-refractivity contribution >= 4 is 49.1 Å². The van der Waals surface area contributed by atoms with Crippen molar-refractivity contribution in [2.24, 2.45) is 0 Å². The number of nitrogens with zero attached hydrogens (tertiary/aromatic N) is 6. The lowest BCUT2D eigenvalue weighted by Crippen LogP contribution is -2.31. The topological polar surface area (TPSA) is 95.7 Å². The normalized spacial score (nSPS) is 14.9. The number of nitrogens with one attached hydrogen (secondary N) is 1. The van der Waals surface area contributed by atoms with E-state index < -0.39 is 17.2 Å². The standard InChI is InChI=1S/C27H26FN7O2S/c1-16-13-30-17(14-29-16)15-31-26(37)22-23(36)18-12-19(28)25(34-9-5-8-33(2)10-11-34)32-24(18)35-20-6-3-4-7-21(20)38-27(22)35/h3-4,6-7,12-14H,5,8-11,15H2,1-2H3,(H,31,37). The Labute approximate surface area is 221 Å². The molecule has 1 aliphatic heterocycles. The number of amides is 1. The van der Waals surface area contributed by atoms with E-state index in [0.717, 1.165) is 35.4 Å². The second-order valence-electron chi connectivity index (χ2n) is 9.56. The number of anilines is 1. The molecule has 1 aliphatic rings. The first-order valence-corrected chi connectivity index (χ1v) is 13.3. The van der Waals surface area contributed by atoms with Crippen LogP contribution in [0.2, 0.25) is 0 Å². The molecule has 5 heterocycles. The molecule has 4 aromatic heterocycles. The van der Waals surface area contributed by atoms with Gasteiger partial charge in [-0.05, 0) is 45.1 Å². The van der Waals surface area contributed by atoms with Gasteiger partial charge in [-0.1, -0.05) is 12.1 Å². The lowest BCUT2D eigenvalue weighted by atomic mass is 10.1. The molecule has 194 valence electrons. The minimum absolute atomic E-state index is 0.0379. The molecule has 9 nitrogen and oxygen atoms in total. The number of halogens is 1. The molecule has 1 N–H and O–H groups in total. The van der Waals surface area contributed by atoms with Crippen LogP contribution in [0.1, 0.15) is 28.2 Å². The summed E-state index contributed by atoms with van der Waals surface area (Å²) in [5, 5.41) is 2.86. The highest BCUT2D eigenvalue weighted by molar-refractivity contribution is 7.24. The third-order valence-corrected chi connectivity index (χ3v) is 8.01. The predicted octanol–water partition coefficient (Wildman–Crippen LogP) is 3.37. The van der Waals surface area contributed by atoms with E-state index >= 15 is 4.39 Å². The van der Waals surface area contributed by atoms with E-state index in [0.29, 0.717) is 29.3 Å². The van der Waals surface area contributed by atoms with Crippen molar-refractivity contribution in [3.8, 4) is 0 Å². The summed E-state index contributed by atoms with van der Waals surface area (Å²) in [6.45, 7) is 4.96. The van der Waals surface area contributed by atoms with Gasteiger partial charge in [0.2, 0.25) is 5.43 Å². The summed E-state index contributed by atoms with van der Waals surface area (Å²) in [5.74, 6) is -0.894. The number of benzene rings is 1. The van der Waals surface area contributed by atoms with Crippen LogP contribution in [-0.4, -0.2) is 63.4 Å². The van der Waals surface area contributed by atoms with Crippen LogP contribution in [0.25, 0.3) is 26.1 Å². The summed E-state index contributed by atoms with van der Waals surface area (Å²) in [6, 6.07) is 8.87. The van der Waals surface area contributed by atoms with Crippen molar-refractivity contribution in [1.29, 1.82) is 0 Å². The van der Waals surface area contributed by atoms with Gasteiger partial charge in [0, 0.05) is 25.8 Å². The Morgan fingerprint density at radius 1 is 1.13 bits per heavy atom. The number of carbonyl (C=O) groups is 1. The zero-order valence-electron chi connectivity index (χ0n) is 21.1. The summed E-state index contributed by atoms with van der Waals surface area (Å²) >= 11 is 1.34. The van der Waals surface area contributed by atoms with E-state index in [1.165, 1.54) is 17.4 Å². The van der Waals surface area contributed by atoms with Crippen molar-refractivity contribution < 1.29 is 9.18 Å². The summed E-state index contributed by atoms with van der Waals surface area (Å²) in [7, 11) is 2.05. The Hall–Kier alpha value is -3.96. The highest BCUT2D eigenvalue weighted by Crippen LogP contribution is 2.32. The summed E-state index contributed by atoms with van der Waals surface area (Å²) in [5.41, 5.74) is 1.89. The number of likely N-dealkylation sites (N-methyl/N-ethyl adjacent to an activating group) is 1. The van der Waals surface area contributed by atoms with Crippen LogP contribution in [0.15, 0.2) is 47.5 Å². The second-order valence-corrected chi connectivity index (χ2v) is 10.6. The Kier molecular flexibility index (Phi) is 6.24. The van der Waals surface area contributed by atoms with Gasteiger partial charge >= 0.3 is 0 Å². The van der Waals surface area contributed by atoms with Crippen molar-refractivity contribution in [2.45, 2.75) is 19.9 Å². The van der Waals surface area contributed by atoms with Gasteiger partial charge in [-0.2, -0.15) is 0 Å². The molecular formula is C27H26FN7O2S. The molecule has 0 aliphatic carbocycles. The zero-order chi connectivity index (χ0) is 26.4. The van der Waals surface area contributed by atoms with Crippen LogP contribution < -0.4 is 15.6 Å². The molecule has 1 aromatic carbocycles. The Morgan fingerprint density at radius 2 is 1.97 bits per heavy atom. The molecule has 6 rings (SSSR count). The molecule has 0 spiro atoms. The van der Waals surface area contributed by atoms with Crippen LogP contribution in [0.5, 0.6) is 0 Å². The van der Waals surface area contributed by atoms with Crippen molar-refractivity contribution in [3.63, 3.8) is 0 Å². The fourth-order valence-corrected chi connectivity index (χ4v) is 6.03. The SMILES string of the molecule is Cc1cnc(CNC(=O)c2c(=O)c3cc(F)c(N4CCCN(C)CC4)nc3n3c2sc2ccccc23)cn1. The highest BCUT2D eigenvalue weighted by Gasteiger charge is 2.25. The number of aryl methyl sites for hydroxylation is 1. The van der Waals surface area contributed by atoms with Crippen molar-refractivity contribution in [2.75, 3.05) is 38.1 Å². The number of fused-ring (bicyclic) bond motifs is 5. The van der Waals surface area contributed by atoms with Crippen LogP contribution in [0, 0.1) is 12.7 Å². The molecule has 5 aromatic rings. The third-order valence-electron chi connectivity index (χ3n) is 6.86. The fourth-order valence-electron chi connectivity index (χ4n) is 4.85. The van der Waals surface area contributed by atoms with Gasteiger partial charge in [-0.3, -0.25) is 24.0 Å². The van der Waals surface area contributed by atoms with Crippen molar-refractivity contribution in [1.82, 2.24) is 29.6 Å². The van der Waals surface area contributed by atoms with Gasteiger partial charge in [0.05, 0.1) is 39.7 Å². The number of pyridine rings is 2. The largest absolute Gasteiger partial charge is 0.353 e. The van der Waals surface area contributed by atoms with Gasteiger partial charge in [0.25, 0.3) is 5.91 Å². The van der Waals surface area contributed by atoms with Gasteiger partial charge in [-0.25, -0.2) is 9.37 Å². The van der Waals surface area contributed by atoms with E-state index in [9.17, 15) is 9.59 Å². The maximum absolute atomic E-state index is 15.5. The maximum atomic E-state index is 15.5. The van der Waals surface area contributed by atoms with Crippen LogP contribution in [0.3, 0.4) is 0 Å². The minimum Gasteiger partial charge on any atom is -0.353 e. The number of rotatable bonds is 4. The number of hydrogen-bond acceptors (Lipinski definition) is 8. The van der Waals surface area contributed by atoms with Crippen LogP contribution in [0.4, 0.5) is 10.2 Å². The summed E-state index contributed by atoms with van der Waals surface area (Å²) in [4.78, 5) is 45.0. The van der Waals surface area contributed by atoms with Gasteiger partial charge in [-0.15, -0.1) is 11.3 Å². The monoisotopic (exact) mass is 531 g/mol. The van der Waals surface area contributed by atoms with E-state index in [2.05, 4.69) is 20.2 Å². The first kappa shape index (κ1) is 24.4. The van der Waals surface area contributed by atoms with E-state index in [1.54, 1.807) is 12.4 Å². The molecule has 0 atom stereocenters. The average Bonchev–Trinajstić information content (AvgIpc) is 3.15. The molecule has 1 amide bonds. The number of thiazole rings is 1. The summed E-state index contributed by atoms with van der Waals surface area (Å²) < 4.78 is 18.2. The quantitative estimate of drug-likeness (QED) is 0.380. The average molecular weight is 532 g/mol. The fraction of sp³-hybridized carbons (Fsp3) is 0.296. The maximum Gasteiger partial charge on any atom is 0.258 e. The molecule has 0 radical (unpaired) electrons. The number of aromatic nitrogens is 4. The Balaban J connectivity index is 1.52. The third kappa shape index (κ3) is 4.27. The molecule has 1 fully saturated rings. The minimum atomic E-state index is -0.570. The van der Waals surface area contributed by atoms with Gasteiger partial charge in [0.1, 0.15) is 10.4 Å². The molecule has 11 heteroatoms. The Bertz CT molecular complexity index is 1750. The second kappa shape index (κ2) is 9.73. The summed E-state index contributed by atoms with van der Waals surface area (Å²) in [6.07, 6.45) is 4.08. The lowest BCUT2D eigenvalue weighted by molar-refractivity contribution is 0.0951. The van der Waals surface area contributed by atoms with Crippen LogP contribution in [-0.2, 0) is 6.54 Å². The van der Waals surface area contributed by atoms with Crippen LogP contribution >= 0.6 is 11.3 Å². The molecular weight excluding hydrogens is 505 g/mol. The number of hydrogen-bond donors (Lipinski definition) is 1. The van der Waals surface area contributed by atoms with Crippen molar-refractivity contribution in [3.05, 3.63) is 75.7 Å². The predicted molar refractivity (Wildman–Crippen MR) is 147 cm³/mol. The molecule has 1 saturated heterocycles. The number of carbonyl (C=O) groups excluding carboxylic acids is 1. The molecule has 38 heavy (non-hydrogen) atoms. The first-order valence-electron chi connectivity index (χ1n) is 12.5. The molecule has 0 saturated carbocycles. The van der Waals surface area contributed by atoms with Gasteiger partial charge < -0.3 is 15.1 Å². The smallest absolute Gasteiger partial charge is 0.258 e. The first-order chi connectivity index (χ1) is 18.4.